The van der Waals surface area contributed by atoms with Crippen LogP contribution in [0.25, 0.3) is 0 Å². The molecule has 6 nitrogen and oxygen atoms in total. The number of anilines is 2. The Morgan fingerprint density at radius 1 is 1.17 bits per heavy atom. The number of carbonyl (C=O) groups excluding carboxylic acids is 2. The number of benzene rings is 2. The molecule has 0 fully saturated rings. The first-order valence-corrected chi connectivity index (χ1v) is 11.4. The quantitative estimate of drug-likeness (QED) is 0.332. The van der Waals surface area contributed by atoms with E-state index < -0.39 is 0 Å². The maximum atomic E-state index is 12.5. The van der Waals surface area contributed by atoms with Gasteiger partial charge < -0.3 is 10.6 Å². The third kappa shape index (κ3) is 6.38. The average molecular weight is 491 g/mol. The summed E-state index contributed by atoms with van der Waals surface area (Å²) in [5.74, 6) is 0.219. The molecule has 0 aliphatic carbocycles. The highest BCUT2D eigenvalue weighted by Crippen LogP contribution is 2.29. The molecule has 0 saturated carbocycles. The average Bonchev–Trinajstić information content (AvgIpc) is 3.13. The Hall–Kier alpha value is -2.23. The van der Waals surface area contributed by atoms with Crippen LogP contribution in [0.5, 0.6) is 0 Å². The summed E-state index contributed by atoms with van der Waals surface area (Å²) < 4.78 is 1.71. The van der Waals surface area contributed by atoms with Gasteiger partial charge in [-0.25, -0.2) is 0 Å². The topological polar surface area (TPSA) is 84.0 Å². The standard InChI is InChI=1S/C20H19BrN4O2S2/c1-12(22-13(2)26)14-6-8-15(9-7-14)18(27)11-28-20-25-24-19(29-20)23-17-5-3-4-16(21)10-17/h3-10,12H,11H2,1-2H3,(H,22,26)(H,23,24). The lowest BCUT2D eigenvalue weighted by Crippen LogP contribution is -2.23. The van der Waals surface area contributed by atoms with Crippen LogP contribution < -0.4 is 10.6 Å². The second-order valence-corrected chi connectivity index (χ2v) is 9.38. The van der Waals surface area contributed by atoms with E-state index in [-0.39, 0.29) is 23.5 Å². The lowest BCUT2D eigenvalue weighted by Gasteiger charge is -2.13. The Labute approximate surface area is 185 Å². The fourth-order valence-corrected chi connectivity index (χ4v) is 4.63. The van der Waals surface area contributed by atoms with Crippen molar-refractivity contribution in [2.45, 2.75) is 24.2 Å². The SMILES string of the molecule is CC(=O)NC(C)c1ccc(C(=O)CSc2nnc(Nc3cccc(Br)c3)s2)cc1. The number of hydrogen-bond acceptors (Lipinski definition) is 7. The molecule has 150 valence electrons. The largest absolute Gasteiger partial charge is 0.350 e. The maximum absolute atomic E-state index is 12.5. The van der Waals surface area contributed by atoms with Gasteiger partial charge in [0.05, 0.1) is 11.8 Å². The molecule has 1 atom stereocenters. The summed E-state index contributed by atoms with van der Waals surface area (Å²) >= 11 is 6.20. The molecule has 9 heteroatoms. The highest BCUT2D eigenvalue weighted by Gasteiger charge is 2.12. The van der Waals surface area contributed by atoms with Gasteiger partial charge in [0.25, 0.3) is 0 Å². The van der Waals surface area contributed by atoms with E-state index >= 15 is 0 Å². The zero-order chi connectivity index (χ0) is 20.8. The highest BCUT2D eigenvalue weighted by molar-refractivity contribution is 9.10. The van der Waals surface area contributed by atoms with Crippen molar-refractivity contribution < 1.29 is 9.59 Å². The van der Waals surface area contributed by atoms with Gasteiger partial charge in [-0.05, 0) is 30.7 Å². The van der Waals surface area contributed by atoms with Gasteiger partial charge in [-0.3, -0.25) is 9.59 Å². The van der Waals surface area contributed by atoms with Gasteiger partial charge in [-0.2, -0.15) is 0 Å². The Bertz CT molecular complexity index is 1010. The van der Waals surface area contributed by atoms with E-state index in [2.05, 4.69) is 36.8 Å². The Morgan fingerprint density at radius 2 is 1.93 bits per heavy atom. The van der Waals surface area contributed by atoms with Crippen molar-refractivity contribution in [3.8, 4) is 0 Å². The third-order valence-corrected chi connectivity index (χ3v) is 6.43. The first kappa shape index (κ1) is 21.5. The minimum absolute atomic E-state index is 0.0189. The van der Waals surface area contributed by atoms with Gasteiger partial charge in [0.15, 0.2) is 10.1 Å². The van der Waals surface area contributed by atoms with Crippen molar-refractivity contribution in [1.82, 2.24) is 15.5 Å². The minimum atomic E-state index is -0.0939. The number of rotatable bonds is 8. The second kappa shape index (κ2) is 10.00. The lowest BCUT2D eigenvalue weighted by molar-refractivity contribution is -0.119. The van der Waals surface area contributed by atoms with E-state index in [9.17, 15) is 9.59 Å². The molecule has 2 aromatic carbocycles. The monoisotopic (exact) mass is 490 g/mol. The van der Waals surface area contributed by atoms with Crippen LogP contribution in [0.2, 0.25) is 0 Å². The Kier molecular flexibility index (Phi) is 7.40. The number of nitrogens with one attached hydrogen (secondary N) is 2. The highest BCUT2D eigenvalue weighted by atomic mass is 79.9. The first-order valence-electron chi connectivity index (χ1n) is 8.80. The summed E-state index contributed by atoms with van der Waals surface area (Å²) in [4.78, 5) is 23.6. The van der Waals surface area contributed by atoms with Crippen molar-refractivity contribution in [2.24, 2.45) is 0 Å². The van der Waals surface area contributed by atoms with Crippen LogP contribution in [0.15, 0.2) is 57.3 Å². The van der Waals surface area contributed by atoms with E-state index in [1.54, 1.807) is 12.1 Å². The molecule has 0 saturated heterocycles. The second-order valence-electron chi connectivity index (χ2n) is 6.26. The Morgan fingerprint density at radius 3 is 2.62 bits per heavy atom. The molecule has 0 radical (unpaired) electrons. The molecule has 1 heterocycles. The van der Waals surface area contributed by atoms with Crippen molar-refractivity contribution in [2.75, 3.05) is 11.1 Å². The molecular weight excluding hydrogens is 472 g/mol. The minimum Gasteiger partial charge on any atom is -0.350 e. The molecule has 0 aliphatic heterocycles. The zero-order valence-electron chi connectivity index (χ0n) is 15.8. The predicted molar refractivity (Wildman–Crippen MR) is 121 cm³/mol. The number of ketones is 1. The first-order chi connectivity index (χ1) is 13.9. The maximum Gasteiger partial charge on any atom is 0.217 e. The van der Waals surface area contributed by atoms with Gasteiger partial charge in [0.2, 0.25) is 11.0 Å². The van der Waals surface area contributed by atoms with Gasteiger partial charge in [-0.15, -0.1) is 10.2 Å². The van der Waals surface area contributed by atoms with E-state index in [4.69, 9.17) is 0 Å². The van der Waals surface area contributed by atoms with Crippen LogP contribution in [-0.4, -0.2) is 27.6 Å². The molecule has 0 spiro atoms. The fourth-order valence-electron chi connectivity index (χ4n) is 2.56. The summed E-state index contributed by atoms with van der Waals surface area (Å²) in [6.07, 6.45) is 0. The van der Waals surface area contributed by atoms with Crippen LogP contribution in [0.3, 0.4) is 0 Å². The molecular formula is C20H19BrN4O2S2. The number of nitrogens with zero attached hydrogens (tertiary/aromatic N) is 2. The Balaban J connectivity index is 1.54. The van der Waals surface area contributed by atoms with Gasteiger partial charge in [0.1, 0.15) is 0 Å². The van der Waals surface area contributed by atoms with Crippen molar-refractivity contribution in [3.63, 3.8) is 0 Å². The molecule has 29 heavy (non-hydrogen) atoms. The van der Waals surface area contributed by atoms with Crippen LogP contribution >= 0.6 is 39.0 Å². The number of Topliss-reactive ketones (excluding diaryl/α,β-unsaturated/α-hetero) is 1. The van der Waals surface area contributed by atoms with Crippen LogP contribution in [0.1, 0.15) is 35.8 Å². The van der Waals surface area contributed by atoms with Gasteiger partial charge >= 0.3 is 0 Å². The molecule has 0 aliphatic rings. The fraction of sp³-hybridized carbons (Fsp3) is 0.200. The van der Waals surface area contributed by atoms with Crippen LogP contribution in [0, 0.1) is 0 Å². The normalized spacial score (nSPS) is 11.7. The summed E-state index contributed by atoms with van der Waals surface area (Å²) in [5, 5.41) is 15.0. The van der Waals surface area contributed by atoms with E-state index in [1.807, 2.05) is 43.3 Å². The lowest BCUT2D eigenvalue weighted by atomic mass is 10.0. The molecule has 1 amide bonds. The molecule has 3 rings (SSSR count). The number of aromatic nitrogens is 2. The van der Waals surface area contributed by atoms with Gasteiger partial charge in [-0.1, -0.05) is 69.4 Å². The van der Waals surface area contributed by atoms with Crippen molar-refractivity contribution in [3.05, 3.63) is 64.1 Å². The molecule has 0 bridgehead atoms. The summed E-state index contributed by atoms with van der Waals surface area (Å²) in [6.45, 7) is 3.39. The zero-order valence-corrected chi connectivity index (χ0v) is 19.0. The third-order valence-electron chi connectivity index (χ3n) is 3.96. The number of amides is 1. The molecule has 3 aromatic rings. The van der Waals surface area contributed by atoms with E-state index in [0.717, 1.165) is 20.1 Å². The molecule has 1 aromatic heterocycles. The van der Waals surface area contributed by atoms with Crippen molar-refractivity contribution in [1.29, 1.82) is 0 Å². The summed E-state index contributed by atoms with van der Waals surface area (Å²) in [6, 6.07) is 15.0. The van der Waals surface area contributed by atoms with E-state index in [0.29, 0.717) is 10.7 Å². The number of carbonyl (C=O) groups is 2. The number of hydrogen-bond donors (Lipinski definition) is 2. The smallest absolute Gasteiger partial charge is 0.217 e. The number of thioether (sulfide) groups is 1. The van der Waals surface area contributed by atoms with Crippen LogP contribution in [-0.2, 0) is 4.79 Å². The predicted octanol–water partition coefficient (Wildman–Crippen LogP) is 5.22. The number of halogens is 1. The van der Waals surface area contributed by atoms with Crippen molar-refractivity contribution >= 4 is 61.5 Å². The van der Waals surface area contributed by atoms with E-state index in [1.165, 1.54) is 30.0 Å². The van der Waals surface area contributed by atoms with Gasteiger partial charge in [0, 0.05) is 22.6 Å². The summed E-state index contributed by atoms with van der Waals surface area (Å²) in [7, 11) is 0. The molecule has 2 N–H and O–H groups in total. The van der Waals surface area contributed by atoms with Crippen LogP contribution in [0.4, 0.5) is 10.8 Å². The molecule has 1 unspecified atom stereocenters. The summed E-state index contributed by atoms with van der Waals surface area (Å²) in [5.41, 5.74) is 2.50.